The van der Waals surface area contributed by atoms with Crippen molar-refractivity contribution in [1.29, 1.82) is 0 Å². The first-order valence-electron chi connectivity index (χ1n) is 9.50. The molecular formula is C23H24N2O4. The second-order valence-corrected chi connectivity index (χ2v) is 7.79. The highest BCUT2D eigenvalue weighted by molar-refractivity contribution is 5.98. The topological polar surface area (TPSA) is 82.3 Å². The van der Waals surface area contributed by atoms with E-state index in [0.717, 1.165) is 11.1 Å². The van der Waals surface area contributed by atoms with Crippen LogP contribution in [0.2, 0.25) is 0 Å². The van der Waals surface area contributed by atoms with Crippen LogP contribution in [0.15, 0.2) is 59.1 Å². The van der Waals surface area contributed by atoms with Crippen molar-refractivity contribution in [2.24, 2.45) is 0 Å². The first-order chi connectivity index (χ1) is 13.8. The fourth-order valence-corrected chi connectivity index (χ4v) is 2.73. The Morgan fingerprint density at radius 3 is 2.34 bits per heavy atom. The number of aromatic nitrogens is 2. The third kappa shape index (κ3) is 5.60. The third-order valence-corrected chi connectivity index (χ3v) is 4.48. The molecule has 0 saturated heterocycles. The fraction of sp³-hybridized carbons (Fsp3) is 0.304. The molecule has 6 heteroatoms. The lowest BCUT2D eigenvalue weighted by Crippen LogP contribution is -2.15. The van der Waals surface area contributed by atoms with E-state index >= 15 is 0 Å². The Balaban J connectivity index is 1.46. The molecule has 0 saturated carbocycles. The number of ketones is 1. The minimum absolute atomic E-state index is 0.0170. The molecule has 0 aliphatic heterocycles. The Morgan fingerprint density at radius 2 is 1.69 bits per heavy atom. The van der Waals surface area contributed by atoms with Gasteiger partial charge < -0.3 is 9.26 Å². The van der Waals surface area contributed by atoms with Crippen molar-refractivity contribution >= 4 is 11.8 Å². The third-order valence-electron chi connectivity index (χ3n) is 4.48. The van der Waals surface area contributed by atoms with Gasteiger partial charge in [0, 0.05) is 17.5 Å². The van der Waals surface area contributed by atoms with Crippen molar-refractivity contribution < 1.29 is 18.8 Å². The van der Waals surface area contributed by atoms with Crippen LogP contribution in [0.3, 0.4) is 0 Å². The van der Waals surface area contributed by atoms with Crippen LogP contribution in [0.1, 0.15) is 49.0 Å². The lowest BCUT2D eigenvalue weighted by molar-refractivity contribution is -0.142. The molecule has 0 fully saturated rings. The Kier molecular flexibility index (Phi) is 6.22. The summed E-state index contributed by atoms with van der Waals surface area (Å²) in [6, 6.07) is 16.8. The number of nitrogens with zero attached hydrogens (tertiary/aromatic N) is 2. The van der Waals surface area contributed by atoms with Crippen molar-refractivity contribution in [3.63, 3.8) is 0 Å². The quantitative estimate of drug-likeness (QED) is 0.438. The maximum atomic E-state index is 12.2. The molecule has 3 aromatic rings. The highest BCUT2D eigenvalue weighted by Gasteiger charge is 2.16. The monoisotopic (exact) mass is 392 g/mol. The molecule has 0 aliphatic rings. The van der Waals surface area contributed by atoms with Crippen LogP contribution >= 0.6 is 0 Å². The molecule has 0 spiro atoms. The van der Waals surface area contributed by atoms with Gasteiger partial charge in [-0.05, 0) is 11.0 Å². The average Bonchev–Trinajstić information content (AvgIpc) is 3.20. The Morgan fingerprint density at radius 1 is 1.00 bits per heavy atom. The van der Waals surface area contributed by atoms with Crippen LogP contribution in [0.5, 0.6) is 0 Å². The second kappa shape index (κ2) is 8.82. The number of carbonyl (C=O) groups excluding carboxylic acids is 2. The Labute approximate surface area is 169 Å². The van der Waals surface area contributed by atoms with Gasteiger partial charge >= 0.3 is 5.97 Å². The van der Waals surface area contributed by atoms with Gasteiger partial charge in [0.05, 0.1) is 6.42 Å². The second-order valence-electron chi connectivity index (χ2n) is 7.79. The number of carbonyl (C=O) groups is 2. The maximum Gasteiger partial charge on any atom is 0.306 e. The van der Waals surface area contributed by atoms with E-state index in [4.69, 9.17) is 9.26 Å². The van der Waals surface area contributed by atoms with Gasteiger partial charge in [0.1, 0.15) is 0 Å². The average molecular weight is 392 g/mol. The Bertz CT molecular complexity index is 970. The van der Waals surface area contributed by atoms with Crippen molar-refractivity contribution in [2.45, 2.75) is 39.0 Å². The zero-order chi connectivity index (χ0) is 20.9. The smallest absolute Gasteiger partial charge is 0.306 e. The predicted octanol–water partition coefficient (Wildman–Crippen LogP) is 4.39. The van der Waals surface area contributed by atoms with Gasteiger partial charge in [-0.25, -0.2) is 0 Å². The van der Waals surface area contributed by atoms with E-state index in [0.29, 0.717) is 17.3 Å². The van der Waals surface area contributed by atoms with Gasteiger partial charge in [-0.15, -0.1) is 0 Å². The van der Waals surface area contributed by atoms with Crippen molar-refractivity contribution in [1.82, 2.24) is 10.1 Å². The molecule has 2 aromatic carbocycles. The number of benzene rings is 2. The normalized spacial score (nSPS) is 11.3. The molecule has 6 nitrogen and oxygen atoms in total. The summed E-state index contributed by atoms with van der Waals surface area (Å²) in [5.41, 5.74) is 2.52. The predicted molar refractivity (Wildman–Crippen MR) is 108 cm³/mol. The molecule has 29 heavy (non-hydrogen) atoms. The van der Waals surface area contributed by atoms with Crippen LogP contribution in [-0.2, 0) is 21.4 Å². The summed E-state index contributed by atoms with van der Waals surface area (Å²) in [5, 5.41) is 3.91. The molecular weight excluding hydrogens is 368 g/mol. The molecule has 0 N–H and O–H groups in total. The summed E-state index contributed by atoms with van der Waals surface area (Å²) in [7, 11) is 0. The number of rotatable bonds is 7. The van der Waals surface area contributed by atoms with E-state index in [1.807, 2.05) is 42.5 Å². The van der Waals surface area contributed by atoms with E-state index in [1.165, 1.54) is 0 Å². The molecule has 1 aromatic heterocycles. The molecule has 0 radical (unpaired) electrons. The summed E-state index contributed by atoms with van der Waals surface area (Å²) in [4.78, 5) is 28.4. The Hall–Kier alpha value is -3.28. The van der Waals surface area contributed by atoms with Gasteiger partial charge in [-0.3, -0.25) is 9.59 Å². The van der Waals surface area contributed by atoms with Gasteiger partial charge in [-0.2, -0.15) is 4.98 Å². The van der Waals surface area contributed by atoms with Crippen molar-refractivity contribution in [3.8, 4) is 11.4 Å². The van der Waals surface area contributed by atoms with Gasteiger partial charge in [0.2, 0.25) is 11.7 Å². The minimum Gasteiger partial charge on any atom is -0.457 e. The van der Waals surface area contributed by atoms with Gasteiger partial charge in [0.25, 0.3) is 0 Å². The number of esters is 1. The molecule has 1 heterocycles. The van der Waals surface area contributed by atoms with E-state index in [-0.39, 0.29) is 30.6 Å². The summed E-state index contributed by atoms with van der Waals surface area (Å²) in [6.07, 6.45) is 0.319. The largest absolute Gasteiger partial charge is 0.457 e. The van der Waals surface area contributed by atoms with Crippen LogP contribution in [-0.4, -0.2) is 28.5 Å². The van der Waals surface area contributed by atoms with Crippen LogP contribution in [0.25, 0.3) is 11.4 Å². The number of hydrogen-bond acceptors (Lipinski definition) is 6. The molecule has 0 amide bonds. The zero-order valence-electron chi connectivity index (χ0n) is 16.8. The SMILES string of the molecule is CC(C)(C)c1ccc(C(=O)COC(=O)CCc2nc(-c3ccccc3)no2)cc1. The number of ether oxygens (including phenoxy) is 1. The van der Waals surface area contributed by atoms with Crippen molar-refractivity contribution in [3.05, 3.63) is 71.6 Å². The first-order valence-corrected chi connectivity index (χ1v) is 9.50. The van der Waals surface area contributed by atoms with E-state index in [9.17, 15) is 9.59 Å². The lowest BCUT2D eigenvalue weighted by Gasteiger charge is -2.18. The van der Waals surface area contributed by atoms with E-state index < -0.39 is 5.97 Å². The van der Waals surface area contributed by atoms with E-state index in [2.05, 4.69) is 30.9 Å². The molecule has 0 aliphatic carbocycles. The van der Waals surface area contributed by atoms with Crippen LogP contribution in [0, 0.1) is 0 Å². The standard InChI is InChI=1S/C23H24N2O4/c1-23(2,3)18-11-9-16(10-12-18)19(26)15-28-21(27)14-13-20-24-22(25-29-20)17-7-5-4-6-8-17/h4-12H,13-15H2,1-3H3. The highest BCUT2D eigenvalue weighted by atomic mass is 16.5. The molecule has 0 atom stereocenters. The number of hydrogen-bond donors (Lipinski definition) is 0. The summed E-state index contributed by atoms with van der Waals surface area (Å²) < 4.78 is 10.3. The molecule has 150 valence electrons. The number of aryl methyl sites for hydroxylation is 1. The van der Waals surface area contributed by atoms with Crippen molar-refractivity contribution in [2.75, 3.05) is 6.61 Å². The molecule has 3 rings (SSSR count). The lowest BCUT2D eigenvalue weighted by atomic mass is 9.86. The fourth-order valence-electron chi connectivity index (χ4n) is 2.73. The summed E-state index contributed by atoms with van der Waals surface area (Å²) in [5.74, 6) is 0.111. The van der Waals surface area contributed by atoms with Crippen LogP contribution in [0.4, 0.5) is 0 Å². The summed E-state index contributed by atoms with van der Waals surface area (Å²) >= 11 is 0. The van der Waals surface area contributed by atoms with Gasteiger partial charge in [0.15, 0.2) is 12.4 Å². The number of Topliss-reactive ketones (excluding diaryl/α,β-unsaturated/α-hetero) is 1. The van der Waals surface area contributed by atoms with Crippen LogP contribution < -0.4 is 0 Å². The highest BCUT2D eigenvalue weighted by Crippen LogP contribution is 2.22. The molecule has 0 bridgehead atoms. The van der Waals surface area contributed by atoms with Gasteiger partial charge in [-0.1, -0.05) is 80.5 Å². The van der Waals surface area contributed by atoms with E-state index in [1.54, 1.807) is 12.1 Å². The minimum atomic E-state index is -0.482. The zero-order valence-corrected chi connectivity index (χ0v) is 16.8. The molecule has 0 unspecified atom stereocenters. The maximum absolute atomic E-state index is 12.2. The summed E-state index contributed by atoms with van der Waals surface area (Å²) in [6.45, 7) is 6.04. The first kappa shape index (κ1) is 20.5.